The molecule has 194 valence electrons. The molecule has 5 rings (SSSR count). The maximum atomic E-state index is 13.2. The number of carbonyl (C=O) groups excluding carboxylic acids is 3. The lowest BCUT2D eigenvalue weighted by atomic mass is 9.78. The van der Waals surface area contributed by atoms with Crippen molar-refractivity contribution in [3.8, 4) is 0 Å². The Morgan fingerprint density at radius 1 is 1.19 bits per heavy atom. The molecular formula is C25H26ClN5O6. The fourth-order valence-electron chi connectivity index (χ4n) is 5.32. The van der Waals surface area contributed by atoms with Crippen LogP contribution in [0.1, 0.15) is 18.0 Å². The maximum absolute atomic E-state index is 13.2. The largest absolute Gasteiger partial charge is 0.477 e. The second-order valence-electron chi connectivity index (χ2n) is 8.96. The van der Waals surface area contributed by atoms with Gasteiger partial charge in [-0.25, -0.2) is 9.59 Å². The molecule has 2 saturated heterocycles. The van der Waals surface area contributed by atoms with Crippen molar-refractivity contribution in [2.24, 2.45) is 11.7 Å². The Morgan fingerprint density at radius 2 is 1.86 bits per heavy atom. The first kappa shape index (κ1) is 26.1. The normalized spacial score (nSPS) is 22.4. The number of aliphatic carboxylic acids is 1. The fourth-order valence-corrected chi connectivity index (χ4v) is 5.32. The molecule has 3 amide bonds. The Hall–Kier alpha value is -3.96. The number of piperidine rings is 1. The van der Waals surface area contributed by atoms with E-state index < -0.39 is 36.1 Å². The van der Waals surface area contributed by atoms with Crippen LogP contribution in [0.25, 0.3) is 0 Å². The van der Waals surface area contributed by atoms with Gasteiger partial charge in [-0.05, 0) is 24.1 Å². The van der Waals surface area contributed by atoms with Crippen LogP contribution in [-0.4, -0.2) is 76.1 Å². The highest BCUT2D eigenvalue weighted by atomic mass is 35.5. The molecule has 3 aliphatic rings. The smallest absolute Gasteiger partial charge is 0.414 e. The van der Waals surface area contributed by atoms with Crippen molar-refractivity contribution in [2.75, 3.05) is 25.1 Å². The second kappa shape index (κ2) is 10.2. The van der Waals surface area contributed by atoms with Gasteiger partial charge in [0, 0.05) is 43.2 Å². The van der Waals surface area contributed by atoms with Crippen LogP contribution in [0, 0.1) is 5.92 Å². The van der Waals surface area contributed by atoms with Gasteiger partial charge in [-0.2, -0.15) is 0 Å². The van der Waals surface area contributed by atoms with E-state index in [2.05, 4.69) is 4.98 Å². The molecule has 0 radical (unpaired) electrons. The molecule has 12 heteroatoms. The van der Waals surface area contributed by atoms with Gasteiger partial charge in [0.2, 0.25) is 5.91 Å². The number of β-lactam (4-membered cyclic amide) rings is 1. The molecule has 1 aromatic carbocycles. The highest BCUT2D eigenvalue weighted by Gasteiger charge is 2.64. The highest BCUT2D eigenvalue weighted by Crippen LogP contribution is 2.49. The lowest BCUT2D eigenvalue weighted by Gasteiger charge is -2.53. The summed E-state index contributed by atoms with van der Waals surface area (Å²) < 4.78 is 5.45. The molecule has 2 aromatic rings. The number of amides is 3. The maximum Gasteiger partial charge on any atom is 0.414 e. The quantitative estimate of drug-likeness (QED) is 0.538. The number of ether oxygens (including phenoxy) is 1. The Labute approximate surface area is 218 Å². The number of pyridine rings is 1. The van der Waals surface area contributed by atoms with Crippen LogP contribution in [0.2, 0.25) is 0 Å². The number of aromatic nitrogens is 1. The summed E-state index contributed by atoms with van der Waals surface area (Å²) in [6.45, 7) is -0.0307. The number of carbonyl (C=O) groups is 4. The third kappa shape index (κ3) is 4.30. The standard InChI is InChI=1S/C25H25N5O6.ClH/c1-28(15-7-10-27-11-8-15)25(35)36-13-17-16-9-12-29(22(31)18(26)14-5-3-2-4-6-14)21-19(16)30(23(21)32)20(17)24(33)34;/h2-8,10-11,16,18-19,21H,9,12-13,26H2,1H3,(H,33,34);1H/t16?,18-,19-,21+;/m1./s1. The lowest BCUT2D eigenvalue weighted by molar-refractivity contribution is -0.169. The van der Waals surface area contributed by atoms with Gasteiger partial charge in [0.1, 0.15) is 24.4 Å². The fraction of sp³-hybridized carbons (Fsp3) is 0.320. The van der Waals surface area contributed by atoms with Crippen LogP contribution in [0.15, 0.2) is 66.1 Å². The van der Waals surface area contributed by atoms with Gasteiger partial charge in [0.05, 0.1) is 6.04 Å². The minimum absolute atomic E-state index is 0. The van der Waals surface area contributed by atoms with Crippen molar-refractivity contribution in [1.82, 2.24) is 14.8 Å². The van der Waals surface area contributed by atoms with E-state index >= 15 is 0 Å². The van der Waals surface area contributed by atoms with Crippen molar-refractivity contribution >= 4 is 42.0 Å². The van der Waals surface area contributed by atoms with Crippen molar-refractivity contribution in [3.05, 3.63) is 71.7 Å². The zero-order valence-electron chi connectivity index (χ0n) is 19.9. The van der Waals surface area contributed by atoms with Crippen molar-refractivity contribution in [3.63, 3.8) is 0 Å². The molecule has 0 spiro atoms. The Morgan fingerprint density at radius 3 is 2.51 bits per heavy atom. The molecular weight excluding hydrogens is 502 g/mol. The van der Waals surface area contributed by atoms with Crippen molar-refractivity contribution in [1.29, 1.82) is 0 Å². The molecule has 1 unspecified atom stereocenters. The van der Waals surface area contributed by atoms with Crippen molar-refractivity contribution in [2.45, 2.75) is 24.5 Å². The van der Waals surface area contributed by atoms with Gasteiger partial charge in [0.25, 0.3) is 5.91 Å². The first-order chi connectivity index (χ1) is 17.3. The first-order valence-corrected chi connectivity index (χ1v) is 11.5. The Balaban J connectivity index is 0.00000320. The summed E-state index contributed by atoms with van der Waals surface area (Å²) in [4.78, 5) is 58.9. The zero-order chi connectivity index (χ0) is 25.6. The number of hydrogen-bond acceptors (Lipinski definition) is 7. The third-order valence-corrected chi connectivity index (χ3v) is 7.12. The average molecular weight is 528 g/mol. The zero-order valence-corrected chi connectivity index (χ0v) is 20.7. The van der Waals surface area contributed by atoms with Crippen LogP contribution in [0.4, 0.5) is 10.5 Å². The summed E-state index contributed by atoms with van der Waals surface area (Å²) >= 11 is 0. The number of benzene rings is 1. The summed E-state index contributed by atoms with van der Waals surface area (Å²) in [7, 11) is 1.53. The number of likely N-dealkylation sites (tertiary alicyclic amines) is 1. The van der Waals surface area contributed by atoms with E-state index in [4.69, 9.17) is 10.5 Å². The molecule has 4 heterocycles. The van der Waals surface area contributed by atoms with E-state index in [1.807, 2.05) is 6.07 Å². The average Bonchev–Trinajstić information content (AvgIpc) is 3.23. The monoisotopic (exact) mass is 527 g/mol. The van der Waals surface area contributed by atoms with E-state index in [1.54, 1.807) is 36.4 Å². The minimum atomic E-state index is -1.27. The molecule has 1 aromatic heterocycles. The van der Waals surface area contributed by atoms with Crippen LogP contribution >= 0.6 is 12.4 Å². The summed E-state index contributed by atoms with van der Waals surface area (Å²) in [5, 5.41) is 9.90. The van der Waals surface area contributed by atoms with E-state index in [1.165, 1.54) is 34.1 Å². The van der Waals surface area contributed by atoms with Gasteiger partial charge in [-0.3, -0.25) is 24.4 Å². The van der Waals surface area contributed by atoms with Gasteiger partial charge < -0.3 is 20.5 Å². The summed E-state index contributed by atoms with van der Waals surface area (Å²) in [5.74, 6) is -2.46. The topological polar surface area (TPSA) is 146 Å². The SMILES string of the molecule is CN(C(=O)OCC1=C(C(=O)O)N2C(=O)[C@@H]3[C@H]2C1CCN3C(=O)[C@H](N)c1ccccc1)c1ccncc1.Cl. The predicted molar refractivity (Wildman–Crippen MR) is 134 cm³/mol. The molecule has 3 aliphatic heterocycles. The number of nitrogens with zero attached hydrogens (tertiary/aromatic N) is 4. The molecule has 0 bridgehead atoms. The summed E-state index contributed by atoms with van der Waals surface area (Å²) in [6.07, 6.45) is 2.83. The molecule has 0 aliphatic carbocycles. The molecule has 2 fully saturated rings. The summed E-state index contributed by atoms with van der Waals surface area (Å²) in [5.41, 5.74) is 7.60. The van der Waals surface area contributed by atoms with Gasteiger partial charge >= 0.3 is 12.1 Å². The first-order valence-electron chi connectivity index (χ1n) is 11.5. The molecule has 11 nitrogen and oxygen atoms in total. The number of carboxylic acid groups (broad SMARTS) is 1. The number of carboxylic acids is 1. The predicted octanol–water partition coefficient (Wildman–Crippen LogP) is 1.56. The minimum Gasteiger partial charge on any atom is -0.477 e. The molecule has 3 N–H and O–H groups in total. The number of anilines is 1. The number of nitrogens with two attached hydrogens (primary N) is 1. The van der Waals surface area contributed by atoms with Gasteiger partial charge in [0.15, 0.2) is 0 Å². The molecule has 37 heavy (non-hydrogen) atoms. The molecule has 4 atom stereocenters. The van der Waals surface area contributed by atoms with Gasteiger partial charge in [-0.1, -0.05) is 30.3 Å². The van der Waals surface area contributed by atoms with E-state index in [0.29, 0.717) is 23.2 Å². The Bertz CT molecular complexity index is 1260. The van der Waals surface area contributed by atoms with Crippen molar-refractivity contribution < 1.29 is 29.0 Å². The number of rotatable bonds is 6. The molecule has 0 saturated carbocycles. The number of halogens is 1. The van der Waals surface area contributed by atoms with E-state index in [9.17, 15) is 24.3 Å². The van der Waals surface area contributed by atoms with Crippen LogP contribution in [0.5, 0.6) is 0 Å². The van der Waals surface area contributed by atoms with Gasteiger partial charge in [-0.15, -0.1) is 12.4 Å². The highest BCUT2D eigenvalue weighted by molar-refractivity contribution is 6.03. The number of hydrogen-bond donors (Lipinski definition) is 2. The van der Waals surface area contributed by atoms with E-state index in [0.717, 1.165) is 0 Å². The van der Waals surface area contributed by atoms with E-state index in [-0.39, 0.29) is 43.1 Å². The van der Waals surface area contributed by atoms with Crippen LogP contribution < -0.4 is 10.6 Å². The third-order valence-electron chi connectivity index (χ3n) is 7.12. The lowest BCUT2D eigenvalue weighted by Crippen LogP contribution is -2.74. The Kier molecular flexibility index (Phi) is 7.19. The van der Waals surface area contributed by atoms with Crippen LogP contribution in [-0.2, 0) is 19.1 Å². The second-order valence-corrected chi connectivity index (χ2v) is 8.96. The summed E-state index contributed by atoms with van der Waals surface area (Å²) in [6, 6.07) is 9.92. The van der Waals surface area contributed by atoms with Crippen LogP contribution in [0.3, 0.4) is 0 Å².